The highest BCUT2D eigenvalue weighted by Crippen LogP contribution is 2.47. The minimum absolute atomic E-state index is 0.00818. The van der Waals surface area contributed by atoms with Crippen molar-refractivity contribution in [1.82, 2.24) is 18.1 Å². The Kier molecular flexibility index (Phi) is 14.8. The van der Waals surface area contributed by atoms with E-state index in [1.54, 1.807) is 0 Å². The van der Waals surface area contributed by atoms with Crippen molar-refractivity contribution < 1.29 is 87.8 Å². The molecule has 0 aliphatic carbocycles. The van der Waals surface area contributed by atoms with Crippen LogP contribution in [0.4, 0.5) is 87.8 Å². The summed E-state index contributed by atoms with van der Waals surface area (Å²) in [5.74, 6) is -59.1. The minimum atomic E-state index is -3.08. The summed E-state index contributed by atoms with van der Waals surface area (Å²) in [6, 6.07) is 2.02. The van der Waals surface area contributed by atoms with E-state index in [9.17, 15) is 17.6 Å². The van der Waals surface area contributed by atoms with Crippen LogP contribution in [0.25, 0.3) is 57.0 Å². The molecule has 76 heavy (non-hydrogen) atoms. The van der Waals surface area contributed by atoms with Gasteiger partial charge in [-0.25, -0.2) is 87.8 Å². The lowest BCUT2D eigenvalue weighted by Crippen LogP contribution is -2.31. The second-order valence-corrected chi connectivity index (χ2v) is 21.5. The summed E-state index contributed by atoms with van der Waals surface area (Å²) in [7, 11) is 0. The smallest absolute Gasteiger partial charge is 0.200 e. The second kappa shape index (κ2) is 19.9. The average Bonchev–Trinajstić information content (AvgIpc) is 4.24. The molecule has 0 saturated carbocycles. The van der Waals surface area contributed by atoms with Crippen molar-refractivity contribution in [3.8, 4) is 39.1 Å². The second-order valence-electron chi connectivity index (χ2n) is 15.2. The molecule has 396 valence electrons. The van der Waals surface area contributed by atoms with Gasteiger partial charge in [-0.2, -0.15) is 0 Å². The molecule has 0 spiro atoms. The molecule has 0 amide bonds. The lowest BCUT2D eigenvalue weighted by atomic mass is 9.94. The van der Waals surface area contributed by atoms with Gasteiger partial charge < -0.3 is 14.5 Å². The third kappa shape index (κ3) is 7.91. The molecule has 4 aromatic carbocycles. The van der Waals surface area contributed by atoms with Gasteiger partial charge in [-0.1, -0.05) is 0 Å². The first-order valence-electron chi connectivity index (χ1n) is 19.3. The lowest BCUT2D eigenvalue weighted by molar-refractivity contribution is 0.375. The topological polar surface area (TPSA) is 41.4 Å². The number of aromatic nitrogens is 4. The van der Waals surface area contributed by atoms with Crippen LogP contribution in [0.3, 0.4) is 0 Å². The third-order valence-corrected chi connectivity index (χ3v) is 18.1. The maximum Gasteiger partial charge on any atom is 0.200 e. The molecule has 2 N–H and O–H groups in total. The van der Waals surface area contributed by atoms with Crippen LogP contribution in [0.15, 0.2) is 25.6 Å². The Labute approximate surface area is 472 Å². The number of rotatable bonds is 4. The number of nitrogens with one attached hydrogen (secondary N) is 2. The van der Waals surface area contributed by atoms with E-state index in [0.717, 1.165) is 12.1 Å². The summed E-state index contributed by atoms with van der Waals surface area (Å²) in [6.07, 6.45) is 0. The number of nitrogens with zero attached hydrogens (tertiary/aromatic N) is 2. The fourth-order valence-electron chi connectivity index (χ4n) is 7.99. The van der Waals surface area contributed by atoms with Gasteiger partial charge in [0.2, 0.25) is 23.3 Å². The third-order valence-electron chi connectivity index (χ3n) is 11.3. The van der Waals surface area contributed by atoms with Crippen molar-refractivity contribution in [2.24, 2.45) is 0 Å². The van der Waals surface area contributed by atoms with Gasteiger partial charge in [0.05, 0.1) is 108 Å². The number of hydrogen-bond donors (Lipinski definition) is 2. The largest absolute Gasteiger partial charge is 0.354 e. The number of aromatic amines is 2. The zero-order valence-corrected chi connectivity index (χ0v) is 47.3. The summed E-state index contributed by atoms with van der Waals surface area (Å²) in [5, 5.41) is -3.93. The maximum atomic E-state index is 16.8. The van der Waals surface area contributed by atoms with Crippen LogP contribution in [0.1, 0.15) is 22.8 Å². The molecule has 1 aliphatic heterocycles. The quantitative estimate of drug-likeness (QED) is 0.100. The van der Waals surface area contributed by atoms with E-state index >= 15 is 70.2 Å². The van der Waals surface area contributed by atoms with Gasteiger partial charge in [-0.05, 0) is 124 Å². The Balaban J connectivity index is 1.80. The molecule has 4 nitrogen and oxygen atoms in total. The lowest BCUT2D eigenvalue weighted by Gasteiger charge is -2.15. The van der Waals surface area contributed by atoms with Crippen LogP contribution < -0.4 is 21.4 Å². The summed E-state index contributed by atoms with van der Waals surface area (Å²) in [5.41, 5.74) is -18.4. The summed E-state index contributed by atoms with van der Waals surface area (Å²) < 4.78 is 314. The van der Waals surface area contributed by atoms with E-state index in [0.29, 0.717) is 0 Å². The first-order valence-corrected chi connectivity index (χ1v) is 25.6. The van der Waals surface area contributed by atoms with Crippen molar-refractivity contribution >= 4 is 146 Å². The SMILES string of the molecule is Fc1c(F)c(F)c(-c2c3[nH]c(c2Br)C(Br)=c2c(Br)c(Br)c(n2Br)=C(Br)c2ccc([nH]2)C(Br)=c2c(-c4c(F)c(F)c(F)c(F)c4F)c(-c4c(F)c(F)c(F)c(F)c4F)c(n2-c2c(F)c(F)c(F)c(F)c2F)=C3Br)c(F)c1F. The molecular formula is C44H4Br8F20N4. The van der Waals surface area contributed by atoms with Crippen LogP contribution in [-0.4, -0.2) is 18.1 Å². The van der Waals surface area contributed by atoms with E-state index in [2.05, 4.69) is 138 Å². The zero-order valence-electron chi connectivity index (χ0n) is 34.6. The number of halogens is 28. The van der Waals surface area contributed by atoms with Crippen molar-refractivity contribution in [1.29, 1.82) is 0 Å². The molecule has 0 unspecified atom stereocenters. The summed E-state index contributed by atoms with van der Waals surface area (Å²) >= 11 is 25.3. The molecule has 8 bridgehead atoms. The highest BCUT2D eigenvalue weighted by molar-refractivity contribution is 9.16. The fourth-order valence-corrected chi connectivity index (χ4v) is 14.8. The molecule has 5 heterocycles. The van der Waals surface area contributed by atoms with Crippen molar-refractivity contribution in [2.75, 3.05) is 0 Å². The molecule has 8 aromatic rings. The van der Waals surface area contributed by atoms with Crippen LogP contribution in [0.2, 0.25) is 0 Å². The normalized spacial score (nSPS) is 12.9. The van der Waals surface area contributed by atoms with Crippen LogP contribution in [-0.2, 0) is 0 Å². The van der Waals surface area contributed by atoms with Crippen LogP contribution in [0.5, 0.6) is 0 Å². The van der Waals surface area contributed by atoms with Gasteiger partial charge in [-0.3, -0.25) is 3.59 Å². The van der Waals surface area contributed by atoms with Gasteiger partial charge in [-0.15, -0.1) is 0 Å². The summed E-state index contributed by atoms with van der Waals surface area (Å²) in [6.45, 7) is 0. The predicted octanol–water partition coefficient (Wildman–Crippen LogP) is 15.7. The molecule has 1 aliphatic rings. The molecule has 32 heteroatoms. The fraction of sp³-hybridized carbons (Fsp3) is 0. The zero-order chi connectivity index (χ0) is 56.2. The van der Waals surface area contributed by atoms with Crippen molar-refractivity contribution in [3.05, 3.63) is 186 Å². The van der Waals surface area contributed by atoms with E-state index in [4.69, 9.17) is 0 Å². The van der Waals surface area contributed by atoms with Gasteiger partial charge in [0, 0.05) is 16.7 Å². The molecule has 0 radical (unpaired) electrons. The van der Waals surface area contributed by atoms with Crippen molar-refractivity contribution in [3.63, 3.8) is 0 Å². The first-order chi connectivity index (χ1) is 35.4. The summed E-state index contributed by atoms with van der Waals surface area (Å²) in [4.78, 5) is 5.05. The van der Waals surface area contributed by atoms with Crippen LogP contribution >= 0.6 is 128 Å². The van der Waals surface area contributed by atoms with Gasteiger partial charge in [0.1, 0.15) is 5.69 Å². The Hall–Kier alpha value is -4.08. The van der Waals surface area contributed by atoms with E-state index < -0.39 is 206 Å². The van der Waals surface area contributed by atoms with Gasteiger partial charge in [0.15, 0.2) is 93.1 Å². The number of benzene rings is 4. The number of hydrogen-bond acceptors (Lipinski definition) is 0. The predicted molar refractivity (Wildman–Crippen MR) is 259 cm³/mol. The van der Waals surface area contributed by atoms with E-state index in [-0.39, 0.29) is 29.8 Å². The monoisotopic (exact) mass is 1600 g/mol. The number of fused-ring (bicyclic) bond motifs is 8. The molecule has 4 aromatic heterocycles. The molecule has 0 saturated heterocycles. The highest BCUT2D eigenvalue weighted by atomic mass is 79.9. The van der Waals surface area contributed by atoms with Crippen molar-refractivity contribution in [2.45, 2.75) is 0 Å². The van der Waals surface area contributed by atoms with E-state index in [1.807, 2.05) is 0 Å². The first kappa shape index (κ1) is 56.6. The number of H-pyrrole nitrogens is 2. The molecule has 0 atom stereocenters. The van der Waals surface area contributed by atoms with Gasteiger partial charge in [0.25, 0.3) is 0 Å². The molecular weight excluding hydrogens is 1600 g/mol. The standard InChI is InChI=1S/C44H4Br8F20N4/c45-11-3-1-2-4(73-3)12(46)42-14(48)15(49)43(76(42)52)17(51)39-13(47)7(10-22(57)28(63)32(67)29(64)23(10)58)38(74-39)16(50)41-6(9-20(55)26(61)31(66)27(62)21(9)56)5(8-18(53)24(59)30(65)25(60)19(8)54)40(11)75(41)44-36(71)34(69)33(68)35(70)37(44)72/h1-2,73-74H. The minimum Gasteiger partial charge on any atom is -0.354 e. The average molecular weight is 1610 g/mol. The van der Waals surface area contributed by atoms with Crippen LogP contribution in [0, 0.1) is 116 Å². The van der Waals surface area contributed by atoms with Gasteiger partial charge >= 0.3 is 0 Å². The molecule has 0 fully saturated rings. The Morgan fingerprint density at radius 1 is 0.276 bits per heavy atom. The van der Waals surface area contributed by atoms with E-state index in [1.165, 1.54) is 3.59 Å². The Bertz CT molecular complexity index is 4180. The Morgan fingerprint density at radius 3 is 0.921 bits per heavy atom. The molecule has 9 rings (SSSR count). The Morgan fingerprint density at radius 2 is 0.553 bits per heavy atom. The maximum absolute atomic E-state index is 16.8. The highest BCUT2D eigenvalue weighted by Gasteiger charge is 2.41.